The number of carbonyl (C=O) groups is 3. The Balaban J connectivity index is 1.76. The molecule has 1 unspecified atom stereocenters. The van der Waals surface area contributed by atoms with Crippen LogP contribution >= 0.6 is 11.3 Å². The van der Waals surface area contributed by atoms with Gasteiger partial charge in [-0.2, -0.15) is 0 Å². The fourth-order valence-corrected chi connectivity index (χ4v) is 6.38. The maximum Gasteiger partial charge on any atom is 0.350 e. The van der Waals surface area contributed by atoms with Crippen molar-refractivity contribution in [3.8, 4) is 17.2 Å². The van der Waals surface area contributed by atoms with Crippen molar-refractivity contribution in [2.24, 2.45) is 5.92 Å². The Labute approximate surface area is 293 Å². The molecule has 4 rings (SSSR count). The average Bonchev–Trinajstić information content (AvgIpc) is 3.61. The van der Waals surface area contributed by atoms with Gasteiger partial charge in [0.1, 0.15) is 16.4 Å². The molecule has 10 nitrogen and oxygen atoms in total. The van der Waals surface area contributed by atoms with Crippen molar-refractivity contribution in [3.63, 3.8) is 0 Å². The smallest absolute Gasteiger partial charge is 0.350 e. The van der Waals surface area contributed by atoms with Crippen LogP contribution in [-0.4, -0.2) is 54.7 Å². The standard InChI is InChI=1S/C38H48N2O8S/c1-7-9-11-12-13-21-47-29-19-16-27(22-30(29)45-6)32-31(33(41)26-14-17-28(18-15-26)46-20-10-8-2)34(42)36(43)40(32)38-39-25(5)35(49-38)37(44)48-23-24(3)4/h14-19,22,24,32,41H,7-13,20-21,23H2,1-6H3/b33-31-. The number of Topliss-reactive ketones (excluding diaryl/α,β-unsaturated/α-hetero) is 1. The molecule has 1 atom stereocenters. The number of unbranched alkanes of at least 4 members (excludes halogenated alkanes) is 5. The summed E-state index contributed by atoms with van der Waals surface area (Å²) in [6, 6.07) is 10.8. The van der Waals surface area contributed by atoms with Gasteiger partial charge in [0, 0.05) is 5.56 Å². The highest BCUT2D eigenvalue weighted by Crippen LogP contribution is 2.45. The number of aryl methyl sites for hydroxylation is 1. The molecule has 1 aromatic heterocycles. The number of ether oxygens (including phenoxy) is 4. The van der Waals surface area contributed by atoms with Gasteiger partial charge in [0.15, 0.2) is 16.6 Å². The number of nitrogens with zero attached hydrogens (tertiary/aromatic N) is 2. The van der Waals surface area contributed by atoms with E-state index in [2.05, 4.69) is 18.8 Å². The molecule has 49 heavy (non-hydrogen) atoms. The van der Waals surface area contributed by atoms with Crippen molar-refractivity contribution in [1.82, 2.24) is 4.98 Å². The van der Waals surface area contributed by atoms with E-state index >= 15 is 0 Å². The molecule has 1 N–H and O–H groups in total. The van der Waals surface area contributed by atoms with Crippen LogP contribution in [0.15, 0.2) is 48.0 Å². The Morgan fingerprint density at radius 2 is 1.63 bits per heavy atom. The van der Waals surface area contributed by atoms with E-state index in [0.29, 0.717) is 47.3 Å². The minimum Gasteiger partial charge on any atom is -0.507 e. The van der Waals surface area contributed by atoms with E-state index < -0.39 is 23.7 Å². The van der Waals surface area contributed by atoms with Crippen LogP contribution in [-0.2, 0) is 14.3 Å². The lowest BCUT2D eigenvalue weighted by atomic mass is 9.95. The number of anilines is 1. The summed E-state index contributed by atoms with van der Waals surface area (Å²) >= 11 is 0.964. The first-order valence-corrected chi connectivity index (χ1v) is 17.9. The van der Waals surface area contributed by atoms with Crippen LogP contribution in [0.3, 0.4) is 0 Å². The first-order chi connectivity index (χ1) is 23.6. The monoisotopic (exact) mass is 692 g/mol. The summed E-state index contributed by atoms with van der Waals surface area (Å²) in [5, 5.41) is 11.8. The topological polar surface area (TPSA) is 124 Å². The number of esters is 1. The van der Waals surface area contributed by atoms with E-state index in [1.54, 1.807) is 49.4 Å². The quantitative estimate of drug-likeness (QED) is 0.0460. The van der Waals surface area contributed by atoms with Gasteiger partial charge >= 0.3 is 11.9 Å². The Hall–Kier alpha value is -4.38. The SMILES string of the molecule is CCCCCCCOc1ccc(C2/C(=C(/O)c3ccc(OCCCC)cc3)C(=O)C(=O)N2c2nc(C)c(C(=O)OCC(C)C)s2)cc1OC. The van der Waals surface area contributed by atoms with E-state index in [0.717, 1.165) is 49.9 Å². The second-order valence-electron chi connectivity index (χ2n) is 12.5. The van der Waals surface area contributed by atoms with Gasteiger partial charge in [0.2, 0.25) is 0 Å². The third kappa shape index (κ3) is 9.20. The second-order valence-corrected chi connectivity index (χ2v) is 13.4. The van der Waals surface area contributed by atoms with Gasteiger partial charge in [0.05, 0.1) is 44.2 Å². The number of ketones is 1. The molecule has 0 aliphatic carbocycles. The van der Waals surface area contributed by atoms with Crippen LogP contribution in [0.1, 0.15) is 105 Å². The van der Waals surface area contributed by atoms with Crippen LogP contribution in [0.4, 0.5) is 5.13 Å². The zero-order valence-corrected chi connectivity index (χ0v) is 30.2. The van der Waals surface area contributed by atoms with Gasteiger partial charge in [0.25, 0.3) is 5.78 Å². The summed E-state index contributed by atoms with van der Waals surface area (Å²) < 4.78 is 22.9. The zero-order valence-electron chi connectivity index (χ0n) is 29.4. The maximum absolute atomic E-state index is 13.8. The summed E-state index contributed by atoms with van der Waals surface area (Å²) in [7, 11) is 1.52. The van der Waals surface area contributed by atoms with Crippen LogP contribution < -0.4 is 19.1 Å². The lowest BCUT2D eigenvalue weighted by Gasteiger charge is -2.24. The first kappa shape index (κ1) is 37.4. The molecule has 2 heterocycles. The molecule has 1 amide bonds. The fraction of sp³-hybridized carbons (Fsp3) is 0.474. The lowest BCUT2D eigenvalue weighted by molar-refractivity contribution is -0.132. The molecule has 0 saturated carbocycles. The molecule has 3 aromatic rings. The van der Waals surface area contributed by atoms with Gasteiger partial charge in [-0.15, -0.1) is 0 Å². The third-order valence-corrected chi connectivity index (χ3v) is 9.21. The number of hydrogen-bond donors (Lipinski definition) is 1. The largest absolute Gasteiger partial charge is 0.507 e. The number of carbonyl (C=O) groups excluding carboxylic acids is 3. The van der Waals surface area contributed by atoms with Crippen molar-refractivity contribution in [2.45, 2.75) is 85.6 Å². The van der Waals surface area contributed by atoms with Gasteiger partial charge in [-0.1, -0.05) is 77.2 Å². The number of rotatable bonds is 18. The van der Waals surface area contributed by atoms with Gasteiger partial charge in [-0.3, -0.25) is 14.5 Å². The average molecular weight is 693 g/mol. The third-order valence-electron chi connectivity index (χ3n) is 8.07. The van der Waals surface area contributed by atoms with Gasteiger partial charge in [-0.05, 0) is 67.6 Å². The fourth-order valence-electron chi connectivity index (χ4n) is 5.39. The van der Waals surface area contributed by atoms with Crippen LogP contribution in [0.25, 0.3) is 5.76 Å². The number of amides is 1. The molecule has 1 aliphatic rings. The van der Waals surface area contributed by atoms with E-state index in [4.69, 9.17) is 18.9 Å². The molecule has 1 aliphatic heterocycles. The van der Waals surface area contributed by atoms with Gasteiger partial charge in [-0.25, -0.2) is 9.78 Å². The number of methoxy groups -OCH3 is 1. The minimum absolute atomic E-state index is 0.118. The van der Waals surface area contributed by atoms with E-state index in [1.165, 1.54) is 18.4 Å². The highest BCUT2D eigenvalue weighted by molar-refractivity contribution is 7.17. The minimum atomic E-state index is -1.08. The normalized spacial score (nSPS) is 15.6. The molecule has 0 spiro atoms. The highest BCUT2D eigenvalue weighted by atomic mass is 32.1. The Morgan fingerprint density at radius 3 is 2.31 bits per heavy atom. The van der Waals surface area contributed by atoms with Crippen LogP contribution in [0.5, 0.6) is 17.2 Å². The zero-order chi connectivity index (χ0) is 35.5. The lowest BCUT2D eigenvalue weighted by Crippen LogP contribution is -2.29. The molecule has 0 radical (unpaired) electrons. The van der Waals surface area contributed by atoms with Crippen molar-refractivity contribution < 1.29 is 38.4 Å². The summed E-state index contributed by atoms with van der Waals surface area (Å²) in [5.41, 5.74) is 1.08. The van der Waals surface area contributed by atoms with Crippen LogP contribution in [0.2, 0.25) is 0 Å². The van der Waals surface area contributed by atoms with Crippen molar-refractivity contribution in [2.75, 3.05) is 31.8 Å². The molecular formula is C38H48N2O8S. The molecule has 264 valence electrons. The summed E-state index contributed by atoms with van der Waals surface area (Å²) in [6.07, 6.45) is 7.37. The van der Waals surface area contributed by atoms with E-state index in [1.807, 2.05) is 13.8 Å². The first-order valence-electron chi connectivity index (χ1n) is 17.1. The second kappa shape index (κ2) is 17.9. The summed E-state index contributed by atoms with van der Waals surface area (Å²) in [5.74, 6) is -0.958. The Kier molecular flexibility index (Phi) is 13.6. The Morgan fingerprint density at radius 1 is 0.939 bits per heavy atom. The molecule has 11 heteroatoms. The number of aliphatic hydroxyl groups excluding tert-OH is 1. The van der Waals surface area contributed by atoms with E-state index in [9.17, 15) is 19.5 Å². The molecule has 1 fully saturated rings. The molecular weight excluding hydrogens is 644 g/mol. The van der Waals surface area contributed by atoms with E-state index in [-0.39, 0.29) is 33.9 Å². The number of aliphatic hydroxyl groups is 1. The van der Waals surface area contributed by atoms with Crippen molar-refractivity contribution >= 4 is 39.9 Å². The maximum atomic E-state index is 13.8. The molecule has 0 bridgehead atoms. The number of hydrogen-bond acceptors (Lipinski definition) is 10. The van der Waals surface area contributed by atoms with Crippen molar-refractivity contribution in [1.29, 1.82) is 0 Å². The summed E-state index contributed by atoms with van der Waals surface area (Å²) in [6.45, 7) is 11.1. The predicted molar refractivity (Wildman–Crippen MR) is 191 cm³/mol. The highest BCUT2D eigenvalue weighted by Gasteiger charge is 2.48. The van der Waals surface area contributed by atoms with Crippen LogP contribution in [0, 0.1) is 12.8 Å². The predicted octanol–water partition coefficient (Wildman–Crippen LogP) is 8.43. The van der Waals surface area contributed by atoms with Gasteiger partial charge < -0.3 is 24.1 Å². The molecule has 1 saturated heterocycles. The number of aromatic nitrogens is 1. The molecule has 2 aromatic carbocycles. The Bertz CT molecular complexity index is 1630. The number of thiazole rings is 1. The number of benzene rings is 2. The summed E-state index contributed by atoms with van der Waals surface area (Å²) in [4.78, 5) is 46.6. The van der Waals surface area contributed by atoms with Crippen molar-refractivity contribution in [3.05, 3.63) is 69.7 Å².